The first kappa shape index (κ1) is 13.7. The van der Waals surface area contributed by atoms with Crippen molar-refractivity contribution in [3.8, 4) is 0 Å². The topological polar surface area (TPSA) is 23.6 Å². The maximum absolute atomic E-state index is 12.3. The Morgan fingerprint density at radius 3 is 2.82 bits per heavy atom. The zero-order chi connectivity index (χ0) is 12.1. The number of amides is 1. The molecule has 2 heterocycles. The lowest BCUT2D eigenvalue weighted by atomic mass is 10.2. The fourth-order valence-electron chi connectivity index (χ4n) is 2.51. The van der Waals surface area contributed by atoms with E-state index in [0.29, 0.717) is 5.91 Å². The van der Waals surface area contributed by atoms with Gasteiger partial charge in [-0.2, -0.15) is 0 Å². The van der Waals surface area contributed by atoms with E-state index >= 15 is 0 Å². The van der Waals surface area contributed by atoms with Gasteiger partial charge >= 0.3 is 0 Å². The number of hydrogen-bond acceptors (Lipinski definition) is 3. The van der Waals surface area contributed by atoms with Crippen molar-refractivity contribution in [2.45, 2.75) is 24.5 Å². The molecule has 0 aromatic carbocycles. The summed E-state index contributed by atoms with van der Waals surface area (Å²) >= 11 is 5.33. The van der Waals surface area contributed by atoms with Crippen molar-refractivity contribution in [3.05, 3.63) is 0 Å². The molecular weight excluding hydrogens is 300 g/mol. The number of halogens is 1. The third-order valence-electron chi connectivity index (χ3n) is 3.51. The number of rotatable bonds is 3. The van der Waals surface area contributed by atoms with Crippen LogP contribution in [-0.4, -0.2) is 64.8 Å². The summed E-state index contributed by atoms with van der Waals surface area (Å²) in [7, 11) is 0. The molecule has 0 N–H and O–H groups in total. The van der Waals surface area contributed by atoms with Gasteiger partial charge in [0.2, 0.25) is 5.91 Å². The van der Waals surface area contributed by atoms with Gasteiger partial charge in [-0.05, 0) is 31.6 Å². The fraction of sp³-hybridized carbons (Fsp3) is 0.917. The van der Waals surface area contributed by atoms with Crippen LogP contribution < -0.4 is 0 Å². The molecule has 0 saturated carbocycles. The average molecular weight is 321 g/mol. The minimum atomic E-state index is 0.262. The highest BCUT2D eigenvalue weighted by molar-refractivity contribution is 9.09. The summed E-state index contributed by atoms with van der Waals surface area (Å²) in [6, 6.07) is 0. The highest BCUT2D eigenvalue weighted by Crippen LogP contribution is 2.28. The third-order valence-corrected chi connectivity index (χ3v) is 5.22. The van der Waals surface area contributed by atoms with Crippen molar-refractivity contribution >= 4 is 33.6 Å². The van der Waals surface area contributed by atoms with Crippen molar-refractivity contribution in [1.82, 2.24) is 9.80 Å². The monoisotopic (exact) mass is 320 g/mol. The van der Waals surface area contributed by atoms with Crippen LogP contribution in [0.2, 0.25) is 0 Å². The quantitative estimate of drug-likeness (QED) is 0.741. The summed E-state index contributed by atoms with van der Waals surface area (Å²) in [6.07, 6.45) is 3.42. The largest absolute Gasteiger partial charge is 0.340 e. The fourth-order valence-corrected chi connectivity index (χ4v) is 4.25. The van der Waals surface area contributed by atoms with Crippen LogP contribution in [0.3, 0.4) is 0 Å². The van der Waals surface area contributed by atoms with E-state index < -0.39 is 0 Å². The van der Waals surface area contributed by atoms with Gasteiger partial charge < -0.3 is 9.80 Å². The Balaban J connectivity index is 1.83. The van der Waals surface area contributed by atoms with Crippen LogP contribution in [-0.2, 0) is 4.79 Å². The molecule has 5 heteroatoms. The van der Waals surface area contributed by atoms with Crippen LogP contribution in [0.15, 0.2) is 0 Å². The number of thioether (sulfide) groups is 1. The molecular formula is C12H21BrN2OS. The van der Waals surface area contributed by atoms with Crippen molar-refractivity contribution in [2.75, 3.05) is 43.8 Å². The first-order valence-electron chi connectivity index (χ1n) is 6.50. The molecule has 2 fully saturated rings. The normalized spacial score (nSPS) is 27.1. The molecule has 98 valence electrons. The lowest BCUT2D eigenvalue weighted by Gasteiger charge is -2.24. The molecule has 0 radical (unpaired) electrons. The highest BCUT2D eigenvalue weighted by Gasteiger charge is 2.28. The molecule has 2 rings (SSSR count). The Kier molecular flexibility index (Phi) is 5.63. The lowest BCUT2D eigenvalue weighted by molar-refractivity contribution is -0.130. The molecule has 2 aliphatic rings. The summed E-state index contributed by atoms with van der Waals surface area (Å²) in [5.41, 5.74) is 0. The number of carbonyl (C=O) groups excluding carboxylic acids is 1. The Morgan fingerprint density at radius 2 is 2.12 bits per heavy atom. The second-order valence-corrected chi connectivity index (χ2v) is 6.81. The van der Waals surface area contributed by atoms with Gasteiger partial charge in [0.15, 0.2) is 0 Å². The van der Waals surface area contributed by atoms with Gasteiger partial charge in [0, 0.05) is 31.5 Å². The molecule has 2 aliphatic heterocycles. The molecule has 1 amide bonds. The predicted octanol–water partition coefficient (Wildman–Crippen LogP) is 1.81. The van der Waals surface area contributed by atoms with E-state index in [1.807, 2.05) is 11.8 Å². The van der Waals surface area contributed by atoms with Crippen LogP contribution >= 0.6 is 27.7 Å². The van der Waals surface area contributed by atoms with Crippen molar-refractivity contribution in [2.24, 2.45) is 0 Å². The third kappa shape index (κ3) is 3.86. The Morgan fingerprint density at radius 1 is 1.24 bits per heavy atom. The van der Waals surface area contributed by atoms with E-state index in [-0.39, 0.29) is 5.25 Å². The summed E-state index contributed by atoms with van der Waals surface area (Å²) in [6.45, 7) is 5.14. The molecule has 1 unspecified atom stereocenters. The number of carbonyl (C=O) groups is 1. The first-order valence-corrected chi connectivity index (χ1v) is 8.67. The SMILES string of the molecule is O=C(C1CCCS1)N1CCCN(CCBr)CC1. The molecule has 0 aliphatic carbocycles. The molecule has 0 bridgehead atoms. The van der Waals surface area contributed by atoms with E-state index in [1.54, 1.807) is 0 Å². The zero-order valence-electron chi connectivity index (χ0n) is 10.2. The summed E-state index contributed by atoms with van der Waals surface area (Å²) in [5, 5.41) is 1.29. The molecule has 0 aromatic heterocycles. The Hall–Kier alpha value is 0.260. The number of alkyl halides is 1. The second-order valence-electron chi connectivity index (χ2n) is 4.71. The Bertz CT molecular complexity index is 259. The number of nitrogens with zero attached hydrogens (tertiary/aromatic N) is 2. The Labute approximate surface area is 116 Å². The summed E-state index contributed by atoms with van der Waals surface area (Å²) in [4.78, 5) is 16.8. The maximum atomic E-state index is 12.3. The zero-order valence-corrected chi connectivity index (χ0v) is 12.6. The highest BCUT2D eigenvalue weighted by atomic mass is 79.9. The minimum Gasteiger partial charge on any atom is -0.340 e. The molecule has 3 nitrogen and oxygen atoms in total. The van der Waals surface area contributed by atoms with Crippen LogP contribution in [0.5, 0.6) is 0 Å². The molecule has 1 atom stereocenters. The molecule has 17 heavy (non-hydrogen) atoms. The van der Waals surface area contributed by atoms with E-state index in [4.69, 9.17) is 0 Å². The van der Waals surface area contributed by atoms with Crippen LogP contribution in [0.4, 0.5) is 0 Å². The lowest BCUT2D eigenvalue weighted by Crippen LogP contribution is -2.39. The smallest absolute Gasteiger partial charge is 0.235 e. The van der Waals surface area contributed by atoms with Gasteiger partial charge in [-0.25, -0.2) is 0 Å². The standard InChI is InChI=1S/C12H21BrN2OS/c13-4-7-14-5-2-6-15(9-8-14)12(16)11-3-1-10-17-11/h11H,1-10H2. The molecule has 0 spiro atoms. The molecule has 2 saturated heterocycles. The van der Waals surface area contributed by atoms with Crippen molar-refractivity contribution < 1.29 is 4.79 Å². The van der Waals surface area contributed by atoms with E-state index in [9.17, 15) is 4.79 Å². The number of hydrogen-bond donors (Lipinski definition) is 0. The summed E-state index contributed by atoms with van der Waals surface area (Å²) < 4.78 is 0. The van der Waals surface area contributed by atoms with Gasteiger partial charge in [-0.1, -0.05) is 15.9 Å². The predicted molar refractivity (Wildman–Crippen MR) is 76.9 cm³/mol. The van der Waals surface area contributed by atoms with E-state index in [0.717, 1.165) is 50.9 Å². The van der Waals surface area contributed by atoms with Crippen LogP contribution in [0, 0.1) is 0 Å². The molecule has 0 aromatic rings. The van der Waals surface area contributed by atoms with Gasteiger partial charge in [0.1, 0.15) is 0 Å². The second kappa shape index (κ2) is 7.00. The maximum Gasteiger partial charge on any atom is 0.235 e. The van der Waals surface area contributed by atoms with Crippen LogP contribution in [0.25, 0.3) is 0 Å². The van der Waals surface area contributed by atoms with Gasteiger partial charge in [0.05, 0.1) is 5.25 Å². The average Bonchev–Trinajstić information content (AvgIpc) is 2.76. The summed E-state index contributed by atoms with van der Waals surface area (Å²) in [5.74, 6) is 1.56. The van der Waals surface area contributed by atoms with Gasteiger partial charge in [-0.3, -0.25) is 4.79 Å². The van der Waals surface area contributed by atoms with E-state index in [2.05, 4.69) is 25.7 Å². The van der Waals surface area contributed by atoms with Crippen molar-refractivity contribution in [3.63, 3.8) is 0 Å². The van der Waals surface area contributed by atoms with Crippen LogP contribution in [0.1, 0.15) is 19.3 Å². The first-order chi connectivity index (χ1) is 8.31. The minimum absolute atomic E-state index is 0.262. The van der Waals surface area contributed by atoms with Gasteiger partial charge in [-0.15, -0.1) is 11.8 Å². The van der Waals surface area contributed by atoms with Gasteiger partial charge in [0.25, 0.3) is 0 Å². The van der Waals surface area contributed by atoms with E-state index in [1.165, 1.54) is 12.2 Å². The van der Waals surface area contributed by atoms with Crippen molar-refractivity contribution in [1.29, 1.82) is 0 Å².